The van der Waals surface area contributed by atoms with Gasteiger partial charge in [-0.1, -0.05) is 18.2 Å². The fourth-order valence-electron chi connectivity index (χ4n) is 1.81. The molecule has 3 nitrogen and oxygen atoms in total. The van der Waals surface area contributed by atoms with Crippen molar-refractivity contribution in [2.24, 2.45) is 0 Å². The quantitative estimate of drug-likeness (QED) is 0.805. The molecule has 0 bridgehead atoms. The fourth-order valence-corrected chi connectivity index (χ4v) is 1.81. The molecule has 0 saturated heterocycles. The maximum Gasteiger partial charge on any atom is 0.431 e. The lowest BCUT2D eigenvalue weighted by Crippen LogP contribution is -2.11. The first-order chi connectivity index (χ1) is 9.43. The van der Waals surface area contributed by atoms with Crippen LogP contribution in [0.2, 0.25) is 0 Å². The molecule has 1 aromatic heterocycles. The minimum absolute atomic E-state index is 0.108. The largest absolute Gasteiger partial charge is 0.462 e. The molecule has 20 heavy (non-hydrogen) atoms. The highest BCUT2D eigenvalue weighted by atomic mass is 19.4. The Labute approximate surface area is 113 Å². The van der Waals surface area contributed by atoms with E-state index in [1.165, 1.54) is 12.1 Å². The molecule has 0 aliphatic carbocycles. The third-order valence-corrected chi connectivity index (χ3v) is 2.66. The zero-order chi connectivity index (χ0) is 14.8. The highest BCUT2D eigenvalue weighted by molar-refractivity contribution is 5.89. The summed E-state index contributed by atoms with van der Waals surface area (Å²) < 4.78 is 44.7. The van der Waals surface area contributed by atoms with Crippen LogP contribution in [0.3, 0.4) is 0 Å². The van der Waals surface area contributed by atoms with E-state index >= 15 is 0 Å². The second kappa shape index (κ2) is 5.40. The van der Waals surface area contributed by atoms with Gasteiger partial charge in [0.25, 0.3) is 0 Å². The number of aromatic nitrogens is 1. The van der Waals surface area contributed by atoms with E-state index in [0.717, 1.165) is 16.8 Å². The van der Waals surface area contributed by atoms with E-state index < -0.39 is 17.8 Å². The molecular weight excluding hydrogens is 271 g/mol. The average Bonchev–Trinajstić information content (AvgIpc) is 2.85. The maximum absolute atomic E-state index is 13.0. The number of alkyl halides is 3. The van der Waals surface area contributed by atoms with Crippen LogP contribution in [0.1, 0.15) is 23.0 Å². The number of halogens is 3. The van der Waals surface area contributed by atoms with Crippen molar-refractivity contribution in [3.05, 3.63) is 53.9 Å². The van der Waals surface area contributed by atoms with Crippen molar-refractivity contribution >= 4 is 5.97 Å². The van der Waals surface area contributed by atoms with Crippen LogP contribution in [-0.4, -0.2) is 17.1 Å². The molecule has 0 aliphatic rings. The second-order valence-electron chi connectivity index (χ2n) is 4.04. The van der Waals surface area contributed by atoms with Crippen molar-refractivity contribution in [2.45, 2.75) is 13.1 Å². The van der Waals surface area contributed by atoms with Crippen LogP contribution in [0.4, 0.5) is 13.2 Å². The number of para-hydroxylation sites is 1. The normalized spacial score (nSPS) is 11.4. The third-order valence-electron chi connectivity index (χ3n) is 2.66. The van der Waals surface area contributed by atoms with Gasteiger partial charge in [0.2, 0.25) is 0 Å². The molecule has 0 unspecified atom stereocenters. The van der Waals surface area contributed by atoms with Crippen LogP contribution in [0.15, 0.2) is 42.6 Å². The van der Waals surface area contributed by atoms with Gasteiger partial charge >= 0.3 is 12.1 Å². The van der Waals surface area contributed by atoms with Crippen molar-refractivity contribution < 1.29 is 22.7 Å². The molecule has 1 heterocycles. The molecule has 0 fully saturated rings. The number of nitrogens with zero attached hydrogens (tertiary/aromatic N) is 1. The van der Waals surface area contributed by atoms with Gasteiger partial charge in [-0.3, -0.25) is 0 Å². The first kappa shape index (κ1) is 14.2. The average molecular weight is 283 g/mol. The van der Waals surface area contributed by atoms with Crippen molar-refractivity contribution in [1.82, 2.24) is 4.57 Å². The zero-order valence-electron chi connectivity index (χ0n) is 10.6. The minimum atomic E-state index is -4.55. The Kier molecular flexibility index (Phi) is 3.83. The molecule has 0 aliphatic heterocycles. The van der Waals surface area contributed by atoms with E-state index in [0.29, 0.717) is 5.69 Å². The summed E-state index contributed by atoms with van der Waals surface area (Å²) in [6, 6.07) is 8.81. The van der Waals surface area contributed by atoms with Crippen LogP contribution in [0.25, 0.3) is 5.69 Å². The van der Waals surface area contributed by atoms with Crippen LogP contribution < -0.4 is 0 Å². The van der Waals surface area contributed by atoms with E-state index in [2.05, 4.69) is 0 Å². The Bertz CT molecular complexity index is 603. The molecule has 0 spiro atoms. The number of carbonyl (C=O) groups is 1. The molecule has 0 radical (unpaired) electrons. The number of hydrogen-bond acceptors (Lipinski definition) is 2. The summed E-state index contributed by atoms with van der Waals surface area (Å²) in [6.07, 6.45) is -3.42. The minimum Gasteiger partial charge on any atom is -0.462 e. The van der Waals surface area contributed by atoms with Crippen molar-refractivity contribution in [3.63, 3.8) is 0 Å². The molecule has 0 saturated carbocycles. The number of rotatable bonds is 3. The summed E-state index contributed by atoms with van der Waals surface area (Å²) in [5.41, 5.74) is -0.704. The number of carbonyl (C=O) groups excluding carboxylic acids is 1. The smallest absolute Gasteiger partial charge is 0.431 e. The maximum atomic E-state index is 13.0. The molecule has 106 valence electrons. The molecule has 2 aromatic rings. The van der Waals surface area contributed by atoms with Gasteiger partial charge in [0.15, 0.2) is 0 Å². The highest BCUT2D eigenvalue weighted by Gasteiger charge is 2.36. The predicted octanol–water partition coefficient (Wildman–Crippen LogP) is 3.67. The Morgan fingerprint density at radius 3 is 2.45 bits per heavy atom. The summed E-state index contributed by atoms with van der Waals surface area (Å²) in [4.78, 5) is 11.6. The molecule has 0 N–H and O–H groups in total. The van der Waals surface area contributed by atoms with Gasteiger partial charge in [0.05, 0.1) is 12.2 Å². The zero-order valence-corrected chi connectivity index (χ0v) is 10.6. The number of esters is 1. The molecule has 0 amide bonds. The van der Waals surface area contributed by atoms with Crippen molar-refractivity contribution in [1.29, 1.82) is 0 Å². The Morgan fingerprint density at radius 2 is 1.90 bits per heavy atom. The lowest BCUT2D eigenvalue weighted by Gasteiger charge is -2.11. The van der Waals surface area contributed by atoms with Gasteiger partial charge in [-0.05, 0) is 25.1 Å². The topological polar surface area (TPSA) is 31.2 Å². The van der Waals surface area contributed by atoms with E-state index in [1.54, 1.807) is 25.1 Å². The fraction of sp³-hybridized carbons (Fsp3) is 0.214. The van der Waals surface area contributed by atoms with Gasteiger partial charge in [-0.2, -0.15) is 13.2 Å². The van der Waals surface area contributed by atoms with Gasteiger partial charge in [0.1, 0.15) is 5.69 Å². The first-order valence-electron chi connectivity index (χ1n) is 5.95. The van der Waals surface area contributed by atoms with Gasteiger partial charge in [-0.25, -0.2) is 4.79 Å². The van der Waals surface area contributed by atoms with Crippen LogP contribution in [-0.2, 0) is 10.9 Å². The Hall–Kier alpha value is -2.24. The molecule has 1 aromatic carbocycles. The molecule has 0 atom stereocenters. The van der Waals surface area contributed by atoms with Crippen LogP contribution >= 0.6 is 0 Å². The van der Waals surface area contributed by atoms with Crippen LogP contribution in [0, 0.1) is 0 Å². The summed E-state index contributed by atoms with van der Waals surface area (Å²) in [6.45, 7) is 1.70. The lowest BCUT2D eigenvalue weighted by molar-refractivity contribution is -0.142. The van der Waals surface area contributed by atoms with Gasteiger partial charge in [-0.15, -0.1) is 0 Å². The molecular formula is C14H12F3NO2. The molecule has 2 rings (SSSR count). The van der Waals surface area contributed by atoms with E-state index in [1.807, 2.05) is 0 Å². The van der Waals surface area contributed by atoms with Gasteiger partial charge in [0, 0.05) is 11.9 Å². The van der Waals surface area contributed by atoms with Gasteiger partial charge < -0.3 is 9.30 Å². The third kappa shape index (κ3) is 2.84. The van der Waals surface area contributed by atoms with E-state index in [4.69, 9.17) is 4.74 Å². The monoisotopic (exact) mass is 283 g/mol. The van der Waals surface area contributed by atoms with Crippen LogP contribution in [0.5, 0.6) is 0 Å². The Morgan fingerprint density at radius 1 is 1.25 bits per heavy atom. The number of benzene rings is 1. The summed E-state index contributed by atoms with van der Waals surface area (Å²) in [5.74, 6) is -0.771. The Balaban J connectivity index is 2.52. The standard InChI is InChI=1S/C14H12F3NO2/c1-2-20-13(19)10-8-12(14(15,16)17)18(9-10)11-6-4-3-5-7-11/h3-9H,2H2,1H3. The highest BCUT2D eigenvalue weighted by Crippen LogP contribution is 2.32. The number of ether oxygens (including phenoxy) is 1. The van der Waals surface area contributed by atoms with Crippen molar-refractivity contribution in [3.8, 4) is 5.69 Å². The number of hydrogen-bond donors (Lipinski definition) is 0. The summed E-state index contributed by atoms with van der Waals surface area (Å²) in [7, 11) is 0. The van der Waals surface area contributed by atoms with Crippen molar-refractivity contribution in [2.75, 3.05) is 6.61 Å². The first-order valence-corrected chi connectivity index (χ1v) is 5.95. The molecule has 6 heteroatoms. The van der Waals surface area contributed by atoms with E-state index in [-0.39, 0.29) is 12.2 Å². The SMILES string of the molecule is CCOC(=O)c1cc(C(F)(F)F)n(-c2ccccc2)c1. The summed E-state index contributed by atoms with van der Waals surface area (Å²) >= 11 is 0. The second-order valence-corrected chi connectivity index (χ2v) is 4.04. The van der Waals surface area contributed by atoms with E-state index in [9.17, 15) is 18.0 Å². The lowest BCUT2D eigenvalue weighted by atomic mass is 10.3. The predicted molar refractivity (Wildman–Crippen MR) is 66.7 cm³/mol. The summed E-state index contributed by atoms with van der Waals surface area (Å²) in [5, 5.41) is 0.